The fraction of sp³-hybridized carbons (Fsp3) is 0.480. The van der Waals surface area contributed by atoms with E-state index in [1.54, 1.807) is 0 Å². The Balaban J connectivity index is 1.25. The van der Waals surface area contributed by atoms with Crippen LogP contribution in [0.15, 0.2) is 48.5 Å². The molecule has 2 aliphatic rings. The van der Waals surface area contributed by atoms with E-state index in [9.17, 15) is 4.79 Å². The zero-order valence-corrected chi connectivity index (χ0v) is 18.7. The van der Waals surface area contributed by atoms with Crippen molar-refractivity contribution in [2.75, 3.05) is 62.7 Å². The summed E-state index contributed by atoms with van der Waals surface area (Å²) in [5.74, 6) is 0.0616. The molecule has 1 N–H and O–H groups in total. The number of anilines is 2. The average Bonchev–Trinajstić information content (AvgIpc) is 2.81. The maximum absolute atomic E-state index is 12.8. The first-order valence-electron chi connectivity index (χ1n) is 11.3. The zero-order chi connectivity index (χ0) is 21.6. The van der Waals surface area contributed by atoms with Crippen LogP contribution in [0.1, 0.15) is 18.1 Å². The van der Waals surface area contributed by atoms with Crippen LogP contribution in [0.4, 0.5) is 11.4 Å². The molecule has 2 aromatic carbocycles. The molecule has 0 bridgehead atoms. The largest absolute Gasteiger partial charge is 0.378 e. The van der Waals surface area contributed by atoms with E-state index < -0.39 is 0 Å². The molecular formula is C25H34N4O2. The lowest BCUT2D eigenvalue weighted by molar-refractivity contribution is -0.121. The van der Waals surface area contributed by atoms with Crippen molar-refractivity contribution in [2.45, 2.75) is 26.4 Å². The SMILES string of the molecule is Cc1ccccc1CN1CCN(C(C)C(=O)Nc2ccc(N3CCOCC3)cc2)CC1. The van der Waals surface area contributed by atoms with E-state index >= 15 is 0 Å². The van der Waals surface area contributed by atoms with Crippen LogP contribution in [0, 0.1) is 6.92 Å². The molecule has 1 unspecified atom stereocenters. The number of hydrogen-bond acceptors (Lipinski definition) is 5. The Morgan fingerprint density at radius 3 is 2.32 bits per heavy atom. The van der Waals surface area contributed by atoms with Gasteiger partial charge in [-0.15, -0.1) is 0 Å². The van der Waals surface area contributed by atoms with E-state index in [0.29, 0.717) is 0 Å². The molecule has 2 aliphatic heterocycles. The Labute approximate surface area is 185 Å². The predicted molar refractivity (Wildman–Crippen MR) is 126 cm³/mol. The number of carbonyl (C=O) groups excluding carboxylic acids is 1. The molecule has 1 atom stereocenters. The van der Waals surface area contributed by atoms with Crippen LogP contribution >= 0.6 is 0 Å². The minimum atomic E-state index is -0.139. The highest BCUT2D eigenvalue weighted by Crippen LogP contribution is 2.20. The molecule has 2 heterocycles. The van der Waals surface area contributed by atoms with Crippen LogP contribution in [0.2, 0.25) is 0 Å². The molecular weight excluding hydrogens is 388 g/mol. The van der Waals surface area contributed by atoms with Crippen molar-refractivity contribution < 1.29 is 9.53 Å². The summed E-state index contributed by atoms with van der Waals surface area (Å²) in [5, 5.41) is 3.09. The zero-order valence-electron chi connectivity index (χ0n) is 18.7. The third-order valence-electron chi connectivity index (χ3n) is 6.50. The van der Waals surface area contributed by atoms with Crippen LogP contribution < -0.4 is 10.2 Å². The molecule has 4 rings (SSSR count). The second kappa shape index (κ2) is 10.3. The van der Waals surface area contributed by atoms with Crippen molar-refractivity contribution in [3.8, 4) is 0 Å². The summed E-state index contributed by atoms with van der Waals surface area (Å²) < 4.78 is 5.42. The first-order chi connectivity index (χ1) is 15.1. The predicted octanol–water partition coefficient (Wildman–Crippen LogP) is 2.98. The van der Waals surface area contributed by atoms with E-state index in [1.807, 2.05) is 19.1 Å². The summed E-state index contributed by atoms with van der Waals surface area (Å²) in [5.41, 5.74) is 4.77. The fourth-order valence-electron chi connectivity index (χ4n) is 4.33. The maximum atomic E-state index is 12.8. The lowest BCUT2D eigenvalue weighted by Gasteiger charge is -2.37. The molecule has 2 fully saturated rings. The molecule has 0 radical (unpaired) electrons. The van der Waals surface area contributed by atoms with E-state index in [1.165, 1.54) is 16.8 Å². The number of rotatable bonds is 6. The Kier molecular flexibility index (Phi) is 7.22. The third-order valence-corrected chi connectivity index (χ3v) is 6.50. The number of nitrogens with one attached hydrogen (secondary N) is 1. The van der Waals surface area contributed by atoms with Gasteiger partial charge in [0.25, 0.3) is 0 Å². The number of amides is 1. The molecule has 6 heteroatoms. The van der Waals surface area contributed by atoms with Gasteiger partial charge in [0.1, 0.15) is 0 Å². The molecule has 6 nitrogen and oxygen atoms in total. The van der Waals surface area contributed by atoms with Gasteiger partial charge in [-0.05, 0) is 49.2 Å². The van der Waals surface area contributed by atoms with Crippen LogP contribution in [0.25, 0.3) is 0 Å². The number of benzene rings is 2. The van der Waals surface area contributed by atoms with Gasteiger partial charge in [-0.25, -0.2) is 0 Å². The van der Waals surface area contributed by atoms with Gasteiger partial charge < -0.3 is 15.0 Å². The molecule has 0 spiro atoms. The standard InChI is InChI=1S/C25H34N4O2/c1-20-5-3-4-6-22(20)19-27-11-13-28(14-12-27)21(2)25(30)26-23-7-9-24(10-8-23)29-15-17-31-18-16-29/h3-10,21H,11-19H2,1-2H3,(H,26,30). The lowest BCUT2D eigenvalue weighted by Crippen LogP contribution is -2.52. The van der Waals surface area contributed by atoms with E-state index in [2.05, 4.69) is 63.3 Å². The van der Waals surface area contributed by atoms with Crippen molar-refractivity contribution in [3.63, 3.8) is 0 Å². The molecule has 0 saturated carbocycles. The minimum absolute atomic E-state index is 0.0616. The Hall–Kier alpha value is -2.41. The molecule has 166 valence electrons. The number of piperazine rings is 1. The number of morpholine rings is 1. The van der Waals surface area contributed by atoms with Gasteiger partial charge in [0, 0.05) is 57.2 Å². The van der Waals surface area contributed by atoms with E-state index in [4.69, 9.17) is 4.74 Å². The highest BCUT2D eigenvalue weighted by molar-refractivity contribution is 5.94. The normalized spacial score (nSPS) is 19.2. The summed E-state index contributed by atoms with van der Waals surface area (Å²) in [6.45, 7) is 12.3. The van der Waals surface area contributed by atoms with Crippen LogP contribution in [0.3, 0.4) is 0 Å². The smallest absolute Gasteiger partial charge is 0.241 e. The van der Waals surface area contributed by atoms with E-state index in [-0.39, 0.29) is 11.9 Å². The Bertz CT molecular complexity index is 856. The van der Waals surface area contributed by atoms with Crippen LogP contribution in [-0.2, 0) is 16.1 Å². The summed E-state index contributed by atoms with van der Waals surface area (Å²) in [6, 6.07) is 16.6. The van der Waals surface area contributed by atoms with Crippen molar-refractivity contribution >= 4 is 17.3 Å². The lowest BCUT2D eigenvalue weighted by atomic mass is 10.1. The van der Waals surface area contributed by atoms with Gasteiger partial charge in [0.15, 0.2) is 0 Å². The minimum Gasteiger partial charge on any atom is -0.378 e. The molecule has 2 aromatic rings. The monoisotopic (exact) mass is 422 g/mol. The number of aryl methyl sites for hydroxylation is 1. The summed E-state index contributed by atoms with van der Waals surface area (Å²) >= 11 is 0. The molecule has 1 amide bonds. The molecule has 0 aromatic heterocycles. The number of nitrogens with zero attached hydrogens (tertiary/aromatic N) is 3. The first-order valence-corrected chi connectivity index (χ1v) is 11.3. The maximum Gasteiger partial charge on any atom is 0.241 e. The van der Waals surface area contributed by atoms with Crippen molar-refractivity contribution in [3.05, 3.63) is 59.7 Å². The van der Waals surface area contributed by atoms with Crippen LogP contribution in [-0.4, -0.2) is 74.2 Å². The van der Waals surface area contributed by atoms with Gasteiger partial charge in [0.05, 0.1) is 19.3 Å². The number of carbonyl (C=O) groups is 1. The second-order valence-corrected chi connectivity index (χ2v) is 8.55. The van der Waals surface area contributed by atoms with Crippen molar-refractivity contribution in [1.29, 1.82) is 0 Å². The molecule has 0 aliphatic carbocycles. The van der Waals surface area contributed by atoms with Crippen molar-refractivity contribution in [2.24, 2.45) is 0 Å². The van der Waals surface area contributed by atoms with Gasteiger partial charge in [-0.2, -0.15) is 0 Å². The van der Waals surface area contributed by atoms with Crippen molar-refractivity contribution in [1.82, 2.24) is 9.80 Å². The highest BCUT2D eigenvalue weighted by Gasteiger charge is 2.26. The molecule has 2 saturated heterocycles. The van der Waals surface area contributed by atoms with Crippen LogP contribution in [0.5, 0.6) is 0 Å². The van der Waals surface area contributed by atoms with Gasteiger partial charge in [-0.3, -0.25) is 14.6 Å². The number of ether oxygens (including phenoxy) is 1. The summed E-state index contributed by atoms with van der Waals surface area (Å²) in [4.78, 5) is 19.9. The summed E-state index contributed by atoms with van der Waals surface area (Å²) in [7, 11) is 0. The Morgan fingerprint density at radius 2 is 1.65 bits per heavy atom. The highest BCUT2D eigenvalue weighted by atomic mass is 16.5. The quantitative estimate of drug-likeness (QED) is 0.776. The van der Waals surface area contributed by atoms with Gasteiger partial charge in [0.2, 0.25) is 5.91 Å². The Morgan fingerprint density at radius 1 is 0.968 bits per heavy atom. The average molecular weight is 423 g/mol. The van der Waals surface area contributed by atoms with Gasteiger partial charge >= 0.3 is 0 Å². The van der Waals surface area contributed by atoms with E-state index in [0.717, 1.165) is 64.7 Å². The number of hydrogen-bond donors (Lipinski definition) is 1. The summed E-state index contributed by atoms with van der Waals surface area (Å²) in [6.07, 6.45) is 0. The first kappa shape index (κ1) is 21.8. The van der Waals surface area contributed by atoms with Gasteiger partial charge in [-0.1, -0.05) is 24.3 Å². The third kappa shape index (κ3) is 5.64. The molecule has 31 heavy (non-hydrogen) atoms. The topological polar surface area (TPSA) is 48.0 Å². The fourth-order valence-corrected chi connectivity index (χ4v) is 4.33. The second-order valence-electron chi connectivity index (χ2n) is 8.55.